The monoisotopic (exact) mass is 384 g/mol. The maximum Gasteiger partial charge on any atom is 0.0355 e. The summed E-state index contributed by atoms with van der Waals surface area (Å²) in [5, 5.41) is 10.8. The topological polar surface area (TPSA) is 0 Å². The Hall–Kier alpha value is -3.42. The van der Waals surface area contributed by atoms with E-state index in [1.54, 1.807) is 0 Å². The number of fused-ring (bicyclic) bond motifs is 3. The van der Waals surface area contributed by atoms with Crippen molar-refractivity contribution in [1.82, 2.24) is 0 Å². The van der Waals surface area contributed by atoms with E-state index in [0.29, 0.717) is 0 Å². The third kappa shape index (κ3) is 2.08. The standard InChI is InChI=1S/C28H16S/c1-2-7-25-22(6-1)24-16-20(12-15-26(24)29-25)21-13-10-19-9-8-17-4-3-5-18-11-14-23(21)28(19)27(17)18/h1-16H. The molecule has 0 aliphatic heterocycles. The molecule has 0 fully saturated rings. The van der Waals surface area contributed by atoms with E-state index in [9.17, 15) is 0 Å². The Balaban J connectivity index is 1.60. The zero-order valence-electron chi connectivity index (χ0n) is 15.6. The van der Waals surface area contributed by atoms with E-state index < -0.39 is 0 Å². The molecule has 0 aliphatic carbocycles. The molecule has 134 valence electrons. The largest absolute Gasteiger partial charge is 0.135 e. The van der Waals surface area contributed by atoms with Crippen molar-refractivity contribution in [2.75, 3.05) is 0 Å². The van der Waals surface area contributed by atoms with Crippen LogP contribution in [0.25, 0.3) is 63.6 Å². The van der Waals surface area contributed by atoms with E-state index >= 15 is 0 Å². The van der Waals surface area contributed by atoms with Gasteiger partial charge in [0.25, 0.3) is 0 Å². The Morgan fingerprint density at radius 2 is 1.17 bits per heavy atom. The molecule has 0 aliphatic rings. The van der Waals surface area contributed by atoms with Gasteiger partial charge in [-0.1, -0.05) is 78.9 Å². The van der Waals surface area contributed by atoms with E-state index in [1.807, 2.05) is 11.3 Å². The number of rotatable bonds is 1. The summed E-state index contributed by atoms with van der Waals surface area (Å²) in [5.41, 5.74) is 2.60. The molecule has 0 N–H and O–H groups in total. The van der Waals surface area contributed by atoms with Gasteiger partial charge in [-0.15, -0.1) is 11.3 Å². The highest BCUT2D eigenvalue weighted by molar-refractivity contribution is 7.25. The van der Waals surface area contributed by atoms with Crippen molar-refractivity contribution >= 4 is 63.8 Å². The molecular weight excluding hydrogens is 368 g/mol. The van der Waals surface area contributed by atoms with Crippen LogP contribution in [0.3, 0.4) is 0 Å². The molecule has 0 bridgehead atoms. The average molecular weight is 385 g/mol. The molecule has 1 heterocycles. The van der Waals surface area contributed by atoms with Crippen LogP contribution < -0.4 is 0 Å². The predicted molar refractivity (Wildman–Crippen MR) is 128 cm³/mol. The highest BCUT2D eigenvalue weighted by Crippen LogP contribution is 2.41. The lowest BCUT2D eigenvalue weighted by molar-refractivity contribution is 1.72. The third-order valence-electron chi connectivity index (χ3n) is 6.22. The van der Waals surface area contributed by atoms with E-state index in [2.05, 4.69) is 97.1 Å². The van der Waals surface area contributed by atoms with Crippen molar-refractivity contribution in [1.29, 1.82) is 0 Å². The Morgan fingerprint density at radius 1 is 0.448 bits per heavy atom. The van der Waals surface area contributed by atoms with E-state index in [-0.39, 0.29) is 0 Å². The number of thiophene rings is 1. The number of benzene rings is 6. The first-order valence-corrected chi connectivity index (χ1v) is 10.8. The third-order valence-corrected chi connectivity index (χ3v) is 7.37. The molecule has 0 spiro atoms. The maximum absolute atomic E-state index is 2.38. The van der Waals surface area contributed by atoms with Crippen molar-refractivity contribution in [3.05, 3.63) is 97.1 Å². The minimum absolute atomic E-state index is 1.29. The van der Waals surface area contributed by atoms with Crippen molar-refractivity contribution in [2.24, 2.45) is 0 Å². The van der Waals surface area contributed by atoms with Crippen LogP contribution in [0, 0.1) is 0 Å². The molecule has 1 aromatic heterocycles. The van der Waals surface area contributed by atoms with Gasteiger partial charge < -0.3 is 0 Å². The molecule has 0 atom stereocenters. The van der Waals surface area contributed by atoms with Crippen molar-refractivity contribution in [3.8, 4) is 11.1 Å². The molecule has 6 aromatic carbocycles. The van der Waals surface area contributed by atoms with E-state index in [1.165, 1.54) is 63.6 Å². The summed E-state index contributed by atoms with van der Waals surface area (Å²) in [6.07, 6.45) is 0. The van der Waals surface area contributed by atoms with Gasteiger partial charge in [-0.3, -0.25) is 0 Å². The molecule has 7 rings (SSSR count). The fourth-order valence-electron chi connectivity index (χ4n) is 4.88. The molecular formula is C28H16S. The van der Waals surface area contributed by atoms with Gasteiger partial charge in [-0.2, -0.15) is 0 Å². The lowest BCUT2D eigenvalue weighted by Gasteiger charge is -2.14. The van der Waals surface area contributed by atoms with Crippen LogP contribution in [0.1, 0.15) is 0 Å². The molecule has 0 unspecified atom stereocenters. The molecule has 0 radical (unpaired) electrons. The Kier molecular flexibility index (Phi) is 2.97. The second kappa shape index (κ2) is 5.56. The summed E-state index contributed by atoms with van der Waals surface area (Å²) in [4.78, 5) is 0. The van der Waals surface area contributed by atoms with E-state index in [4.69, 9.17) is 0 Å². The van der Waals surface area contributed by atoms with Gasteiger partial charge in [0.05, 0.1) is 0 Å². The smallest absolute Gasteiger partial charge is 0.0355 e. The molecule has 0 nitrogen and oxygen atoms in total. The SMILES string of the molecule is c1cc2ccc3ccc(-c4ccc5sc6ccccc6c5c4)c4ccc(c1)c2c34. The van der Waals surface area contributed by atoms with E-state index in [0.717, 1.165) is 0 Å². The highest BCUT2D eigenvalue weighted by Gasteiger charge is 2.13. The average Bonchev–Trinajstić information content (AvgIpc) is 3.15. The van der Waals surface area contributed by atoms with Crippen LogP contribution in [-0.4, -0.2) is 0 Å². The first-order valence-electron chi connectivity index (χ1n) is 9.95. The van der Waals surface area contributed by atoms with Crippen molar-refractivity contribution in [2.45, 2.75) is 0 Å². The second-order valence-electron chi connectivity index (χ2n) is 7.78. The van der Waals surface area contributed by atoms with Gasteiger partial charge in [-0.05, 0) is 61.6 Å². The molecule has 0 amide bonds. The fraction of sp³-hybridized carbons (Fsp3) is 0. The number of hydrogen-bond donors (Lipinski definition) is 0. The Morgan fingerprint density at radius 3 is 2.07 bits per heavy atom. The Bertz CT molecular complexity index is 1680. The molecule has 7 aromatic rings. The summed E-state index contributed by atoms with van der Waals surface area (Å²) in [5.74, 6) is 0. The van der Waals surface area contributed by atoms with Gasteiger partial charge in [0, 0.05) is 20.2 Å². The van der Waals surface area contributed by atoms with Crippen LogP contribution in [0.5, 0.6) is 0 Å². The highest BCUT2D eigenvalue weighted by atomic mass is 32.1. The maximum atomic E-state index is 2.38. The summed E-state index contributed by atoms with van der Waals surface area (Å²) >= 11 is 1.88. The zero-order valence-corrected chi connectivity index (χ0v) is 16.5. The molecule has 0 saturated carbocycles. The van der Waals surface area contributed by atoms with Crippen LogP contribution in [-0.2, 0) is 0 Å². The summed E-state index contributed by atoms with van der Waals surface area (Å²) in [6, 6.07) is 35.9. The first kappa shape index (κ1) is 15.5. The van der Waals surface area contributed by atoms with Gasteiger partial charge >= 0.3 is 0 Å². The first-order chi connectivity index (χ1) is 14.4. The Labute approximate surface area is 172 Å². The molecule has 1 heteroatoms. The lowest BCUT2D eigenvalue weighted by Crippen LogP contribution is -1.87. The lowest BCUT2D eigenvalue weighted by atomic mass is 9.89. The quantitative estimate of drug-likeness (QED) is 0.248. The number of hydrogen-bond acceptors (Lipinski definition) is 1. The van der Waals surface area contributed by atoms with Gasteiger partial charge in [-0.25, -0.2) is 0 Å². The van der Waals surface area contributed by atoms with Crippen LogP contribution in [0.15, 0.2) is 97.1 Å². The minimum atomic E-state index is 1.29. The fourth-order valence-corrected chi connectivity index (χ4v) is 5.97. The predicted octanol–water partition coefficient (Wildman–Crippen LogP) is 8.62. The minimum Gasteiger partial charge on any atom is -0.135 e. The van der Waals surface area contributed by atoms with Gasteiger partial charge in [0.1, 0.15) is 0 Å². The van der Waals surface area contributed by atoms with Gasteiger partial charge in [0.2, 0.25) is 0 Å². The van der Waals surface area contributed by atoms with Crippen LogP contribution in [0.2, 0.25) is 0 Å². The normalized spacial score (nSPS) is 12.1. The van der Waals surface area contributed by atoms with Crippen LogP contribution >= 0.6 is 11.3 Å². The zero-order chi connectivity index (χ0) is 18.9. The van der Waals surface area contributed by atoms with Crippen molar-refractivity contribution < 1.29 is 0 Å². The molecule has 29 heavy (non-hydrogen) atoms. The second-order valence-corrected chi connectivity index (χ2v) is 8.86. The summed E-state index contributed by atoms with van der Waals surface area (Å²) in [7, 11) is 0. The molecule has 0 saturated heterocycles. The van der Waals surface area contributed by atoms with Crippen molar-refractivity contribution in [3.63, 3.8) is 0 Å². The summed E-state index contributed by atoms with van der Waals surface area (Å²) < 4.78 is 2.71. The summed E-state index contributed by atoms with van der Waals surface area (Å²) in [6.45, 7) is 0. The van der Waals surface area contributed by atoms with Gasteiger partial charge in [0.15, 0.2) is 0 Å². The van der Waals surface area contributed by atoms with Crippen LogP contribution in [0.4, 0.5) is 0 Å².